The fourth-order valence-electron chi connectivity index (χ4n) is 2.04. The van der Waals surface area contributed by atoms with Crippen molar-refractivity contribution in [2.45, 2.75) is 45.3 Å². The first-order valence-corrected chi connectivity index (χ1v) is 6.61. The Morgan fingerprint density at radius 3 is 3.06 bits per heavy atom. The van der Waals surface area contributed by atoms with E-state index in [4.69, 9.17) is 4.74 Å². The van der Waals surface area contributed by atoms with Crippen LogP contribution >= 0.6 is 0 Å². The number of hydrogen-bond acceptors (Lipinski definition) is 5. The summed E-state index contributed by atoms with van der Waals surface area (Å²) in [7, 11) is 0. The van der Waals surface area contributed by atoms with Crippen LogP contribution in [0, 0.1) is 0 Å². The van der Waals surface area contributed by atoms with E-state index in [9.17, 15) is 0 Å². The SMILES string of the molecule is CCCNc1nccc(NC2(C)CCOC2C)n1. The lowest BCUT2D eigenvalue weighted by molar-refractivity contribution is 0.105. The van der Waals surface area contributed by atoms with E-state index in [0.29, 0.717) is 5.95 Å². The Labute approximate surface area is 108 Å². The first kappa shape index (κ1) is 13.1. The number of nitrogens with one attached hydrogen (secondary N) is 2. The highest BCUT2D eigenvalue weighted by Crippen LogP contribution is 2.28. The Morgan fingerprint density at radius 2 is 2.39 bits per heavy atom. The Kier molecular flexibility index (Phi) is 4.01. The van der Waals surface area contributed by atoms with Gasteiger partial charge < -0.3 is 15.4 Å². The monoisotopic (exact) mass is 250 g/mol. The fraction of sp³-hybridized carbons (Fsp3) is 0.692. The maximum atomic E-state index is 5.61. The third-order valence-electron chi connectivity index (χ3n) is 3.49. The van der Waals surface area contributed by atoms with Gasteiger partial charge in [-0.25, -0.2) is 4.98 Å². The lowest BCUT2D eigenvalue weighted by Gasteiger charge is -2.29. The van der Waals surface area contributed by atoms with Crippen LogP contribution in [0.1, 0.15) is 33.6 Å². The molecule has 5 nitrogen and oxygen atoms in total. The average Bonchev–Trinajstić information content (AvgIpc) is 2.67. The molecule has 100 valence electrons. The molecule has 1 aromatic heterocycles. The highest BCUT2D eigenvalue weighted by Gasteiger charge is 2.37. The molecule has 18 heavy (non-hydrogen) atoms. The zero-order valence-electron chi connectivity index (χ0n) is 11.4. The third kappa shape index (κ3) is 2.90. The molecule has 1 aliphatic heterocycles. The molecule has 1 fully saturated rings. The average molecular weight is 250 g/mol. The van der Waals surface area contributed by atoms with E-state index < -0.39 is 0 Å². The predicted molar refractivity (Wildman–Crippen MR) is 72.9 cm³/mol. The molecule has 1 saturated heterocycles. The van der Waals surface area contributed by atoms with Crippen LogP contribution in [0.3, 0.4) is 0 Å². The van der Waals surface area contributed by atoms with Gasteiger partial charge in [-0.05, 0) is 32.8 Å². The number of aromatic nitrogens is 2. The van der Waals surface area contributed by atoms with Crippen LogP contribution < -0.4 is 10.6 Å². The number of anilines is 2. The van der Waals surface area contributed by atoms with Gasteiger partial charge in [0.25, 0.3) is 0 Å². The molecule has 0 aliphatic carbocycles. The van der Waals surface area contributed by atoms with Crippen molar-refractivity contribution < 1.29 is 4.74 Å². The van der Waals surface area contributed by atoms with E-state index in [1.807, 2.05) is 6.07 Å². The Hall–Kier alpha value is -1.36. The number of hydrogen-bond donors (Lipinski definition) is 2. The van der Waals surface area contributed by atoms with Crippen LogP contribution in [0.2, 0.25) is 0 Å². The number of nitrogens with zero attached hydrogens (tertiary/aromatic N) is 2. The topological polar surface area (TPSA) is 59.1 Å². The maximum absolute atomic E-state index is 5.61. The molecule has 0 bridgehead atoms. The van der Waals surface area contributed by atoms with Crippen LogP contribution in [-0.2, 0) is 4.74 Å². The second-order valence-electron chi connectivity index (χ2n) is 5.00. The molecule has 2 N–H and O–H groups in total. The van der Waals surface area contributed by atoms with Gasteiger partial charge in [0.15, 0.2) is 0 Å². The van der Waals surface area contributed by atoms with Crippen molar-refractivity contribution in [1.29, 1.82) is 0 Å². The first-order valence-electron chi connectivity index (χ1n) is 6.61. The van der Waals surface area contributed by atoms with Crippen LogP contribution in [0.25, 0.3) is 0 Å². The number of rotatable bonds is 5. The summed E-state index contributed by atoms with van der Waals surface area (Å²) in [6.07, 6.45) is 4.02. The third-order valence-corrected chi connectivity index (χ3v) is 3.49. The van der Waals surface area contributed by atoms with Crippen LogP contribution in [0.5, 0.6) is 0 Å². The summed E-state index contributed by atoms with van der Waals surface area (Å²) in [4.78, 5) is 8.66. The molecule has 1 aliphatic rings. The molecule has 2 heterocycles. The summed E-state index contributed by atoms with van der Waals surface area (Å²) in [6.45, 7) is 8.08. The van der Waals surface area contributed by atoms with Crippen molar-refractivity contribution in [3.63, 3.8) is 0 Å². The molecule has 2 rings (SSSR count). The number of ether oxygens (including phenoxy) is 1. The second-order valence-corrected chi connectivity index (χ2v) is 5.00. The van der Waals surface area contributed by atoms with Gasteiger partial charge >= 0.3 is 0 Å². The highest BCUT2D eigenvalue weighted by atomic mass is 16.5. The molecule has 0 radical (unpaired) electrons. The smallest absolute Gasteiger partial charge is 0.224 e. The van der Waals surface area contributed by atoms with Crippen LogP contribution in [0.4, 0.5) is 11.8 Å². The summed E-state index contributed by atoms with van der Waals surface area (Å²) < 4.78 is 5.61. The van der Waals surface area contributed by atoms with E-state index in [1.54, 1.807) is 6.20 Å². The molecule has 0 amide bonds. The molecule has 2 atom stereocenters. The largest absolute Gasteiger partial charge is 0.376 e. The molecule has 0 saturated carbocycles. The van der Waals surface area contributed by atoms with Crippen molar-refractivity contribution in [2.75, 3.05) is 23.8 Å². The standard InChI is InChI=1S/C13H22N4O/c1-4-7-14-12-15-8-5-11(16-12)17-13(3)6-9-18-10(13)2/h5,8,10H,4,6-7,9H2,1-3H3,(H2,14,15,16,17). The predicted octanol–water partition coefficient (Wildman–Crippen LogP) is 2.28. The zero-order chi connectivity index (χ0) is 13.0. The van der Waals surface area contributed by atoms with Gasteiger partial charge in [0.2, 0.25) is 5.95 Å². The van der Waals surface area contributed by atoms with Gasteiger partial charge in [-0.2, -0.15) is 4.98 Å². The molecule has 0 aromatic carbocycles. The van der Waals surface area contributed by atoms with Gasteiger partial charge in [-0.15, -0.1) is 0 Å². The quantitative estimate of drug-likeness (QED) is 0.839. The maximum Gasteiger partial charge on any atom is 0.224 e. The van der Waals surface area contributed by atoms with Crippen molar-refractivity contribution in [1.82, 2.24) is 9.97 Å². The molecule has 1 aromatic rings. The minimum Gasteiger partial charge on any atom is -0.376 e. The van der Waals surface area contributed by atoms with Crippen LogP contribution in [-0.4, -0.2) is 34.8 Å². The van der Waals surface area contributed by atoms with E-state index in [1.165, 1.54) is 0 Å². The van der Waals surface area contributed by atoms with Gasteiger partial charge in [0.05, 0.1) is 11.6 Å². The molecule has 5 heteroatoms. The van der Waals surface area contributed by atoms with Gasteiger partial charge in [0.1, 0.15) is 5.82 Å². The lowest BCUT2D eigenvalue weighted by Crippen LogP contribution is -2.41. The second kappa shape index (κ2) is 5.52. The lowest BCUT2D eigenvalue weighted by atomic mass is 9.95. The summed E-state index contributed by atoms with van der Waals surface area (Å²) in [5.41, 5.74) is -0.0453. The molecule has 0 spiro atoms. The van der Waals surface area contributed by atoms with Gasteiger partial charge in [-0.3, -0.25) is 0 Å². The Bertz CT molecular complexity index is 398. The zero-order valence-corrected chi connectivity index (χ0v) is 11.4. The minimum atomic E-state index is -0.0453. The van der Waals surface area contributed by atoms with Gasteiger partial charge in [0, 0.05) is 19.3 Å². The molecule has 2 unspecified atom stereocenters. The Morgan fingerprint density at radius 1 is 1.56 bits per heavy atom. The van der Waals surface area contributed by atoms with Gasteiger partial charge in [-0.1, -0.05) is 6.92 Å². The normalized spacial score (nSPS) is 27.2. The minimum absolute atomic E-state index is 0.0453. The summed E-state index contributed by atoms with van der Waals surface area (Å²) >= 11 is 0. The van der Waals surface area contributed by atoms with Crippen molar-refractivity contribution in [2.24, 2.45) is 0 Å². The van der Waals surface area contributed by atoms with Crippen LogP contribution in [0.15, 0.2) is 12.3 Å². The van der Waals surface area contributed by atoms with E-state index >= 15 is 0 Å². The molecular weight excluding hydrogens is 228 g/mol. The first-order chi connectivity index (χ1) is 8.64. The van der Waals surface area contributed by atoms with Crippen molar-refractivity contribution in [3.8, 4) is 0 Å². The molecular formula is C13H22N4O. The summed E-state index contributed by atoms with van der Waals surface area (Å²) in [5.74, 6) is 1.53. The van der Waals surface area contributed by atoms with E-state index in [-0.39, 0.29) is 11.6 Å². The van der Waals surface area contributed by atoms with Crippen molar-refractivity contribution >= 4 is 11.8 Å². The Balaban J connectivity index is 2.04. The summed E-state index contributed by atoms with van der Waals surface area (Å²) in [5, 5.41) is 6.66. The fourth-order valence-corrected chi connectivity index (χ4v) is 2.04. The summed E-state index contributed by atoms with van der Waals surface area (Å²) in [6, 6.07) is 1.90. The van der Waals surface area contributed by atoms with E-state index in [2.05, 4.69) is 41.4 Å². The van der Waals surface area contributed by atoms with E-state index in [0.717, 1.165) is 31.8 Å². The van der Waals surface area contributed by atoms with Crippen molar-refractivity contribution in [3.05, 3.63) is 12.3 Å². The highest BCUT2D eigenvalue weighted by molar-refractivity contribution is 5.42.